The Morgan fingerprint density at radius 1 is 1.12 bits per heavy atom. The van der Waals surface area contributed by atoms with Crippen LogP contribution in [-0.4, -0.2) is 20.7 Å². The van der Waals surface area contributed by atoms with Gasteiger partial charge in [-0.15, -0.1) is 0 Å². The molecule has 0 spiro atoms. The number of pyridine rings is 1. The van der Waals surface area contributed by atoms with E-state index in [1.165, 1.54) is 28.9 Å². The highest BCUT2D eigenvalue weighted by Gasteiger charge is 2.09. The molecule has 0 saturated carbocycles. The van der Waals surface area contributed by atoms with Gasteiger partial charge in [-0.1, -0.05) is 0 Å². The molecule has 0 aliphatic heterocycles. The third-order valence-corrected chi connectivity index (χ3v) is 3.25. The van der Waals surface area contributed by atoms with E-state index in [2.05, 4.69) is 15.4 Å². The molecule has 1 amide bonds. The second-order valence-corrected chi connectivity index (χ2v) is 5.01. The van der Waals surface area contributed by atoms with E-state index in [1.54, 1.807) is 24.7 Å². The first-order chi connectivity index (χ1) is 11.7. The van der Waals surface area contributed by atoms with Crippen LogP contribution in [0.4, 0.5) is 4.39 Å². The van der Waals surface area contributed by atoms with Gasteiger partial charge in [0.1, 0.15) is 17.3 Å². The second kappa shape index (κ2) is 7.36. The maximum Gasteiger partial charge on any atom is 0.272 e. The Balaban J connectivity index is 1.52. The van der Waals surface area contributed by atoms with Crippen molar-refractivity contribution in [2.45, 2.75) is 13.3 Å². The van der Waals surface area contributed by atoms with E-state index < -0.39 is 0 Å². The SMILES string of the molecule is O=C(NCc1ccncc1)c1ccn(COc2ccc(F)cc2)n1. The lowest BCUT2D eigenvalue weighted by Gasteiger charge is -2.06. The van der Waals surface area contributed by atoms with Crippen molar-refractivity contribution < 1.29 is 13.9 Å². The monoisotopic (exact) mass is 326 g/mol. The molecule has 0 fully saturated rings. The van der Waals surface area contributed by atoms with Crippen molar-refractivity contribution in [3.05, 3.63) is 78.1 Å². The zero-order valence-corrected chi connectivity index (χ0v) is 12.7. The third-order valence-electron chi connectivity index (χ3n) is 3.25. The summed E-state index contributed by atoms with van der Waals surface area (Å²) in [4.78, 5) is 16.0. The lowest BCUT2D eigenvalue weighted by atomic mass is 10.2. The summed E-state index contributed by atoms with van der Waals surface area (Å²) < 4.78 is 19.8. The van der Waals surface area contributed by atoms with E-state index in [-0.39, 0.29) is 18.5 Å². The third kappa shape index (κ3) is 4.16. The first-order valence-corrected chi connectivity index (χ1v) is 7.29. The van der Waals surface area contributed by atoms with Gasteiger partial charge in [-0.3, -0.25) is 9.78 Å². The van der Waals surface area contributed by atoms with E-state index >= 15 is 0 Å². The van der Waals surface area contributed by atoms with Crippen LogP contribution in [0.15, 0.2) is 61.1 Å². The van der Waals surface area contributed by atoms with E-state index in [1.807, 2.05) is 12.1 Å². The average Bonchev–Trinajstić information content (AvgIpc) is 3.09. The first-order valence-electron chi connectivity index (χ1n) is 7.29. The molecule has 3 aromatic rings. The average molecular weight is 326 g/mol. The summed E-state index contributed by atoms with van der Waals surface area (Å²) in [6.07, 6.45) is 4.98. The molecular weight excluding hydrogens is 311 g/mol. The van der Waals surface area contributed by atoms with Crippen molar-refractivity contribution in [2.24, 2.45) is 0 Å². The smallest absolute Gasteiger partial charge is 0.272 e. The number of benzene rings is 1. The predicted molar refractivity (Wildman–Crippen MR) is 84.7 cm³/mol. The number of nitrogens with zero attached hydrogens (tertiary/aromatic N) is 3. The maximum absolute atomic E-state index is 12.8. The molecule has 7 heteroatoms. The Kier molecular flexibility index (Phi) is 4.81. The summed E-state index contributed by atoms with van der Waals surface area (Å²) in [6, 6.07) is 11.0. The standard InChI is InChI=1S/C17H15FN4O2/c18-14-1-3-15(4-2-14)24-12-22-10-7-16(21-22)17(23)20-11-13-5-8-19-9-6-13/h1-10H,11-12H2,(H,20,23). The molecule has 0 unspecified atom stereocenters. The Hall–Kier alpha value is -3.22. The molecule has 6 nitrogen and oxygen atoms in total. The van der Waals surface area contributed by atoms with E-state index in [0.717, 1.165) is 5.56 Å². The fraction of sp³-hybridized carbons (Fsp3) is 0.118. The fourth-order valence-corrected chi connectivity index (χ4v) is 2.00. The number of ether oxygens (including phenoxy) is 1. The highest BCUT2D eigenvalue weighted by atomic mass is 19.1. The van der Waals surface area contributed by atoms with Crippen LogP contribution in [0.5, 0.6) is 5.75 Å². The summed E-state index contributed by atoms with van der Waals surface area (Å²) in [6.45, 7) is 0.531. The summed E-state index contributed by atoms with van der Waals surface area (Å²) in [7, 11) is 0. The summed E-state index contributed by atoms with van der Waals surface area (Å²) in [5.41, 5.74) is 1.25. The van der Waals surface area contributed by atoms with Gasteiger partial charge in [0.2, 0.25) is 0 Å². The van der Waals surface area contributed by atoms with E-state index in [0.29, 0.717) is 18.0 Å². The zero-order chi connectivity index (χ0) is 16.8. The molecule has 24 heavy (non-hydrogen) atoms. The quantitative estimate of drug-likeness (QED) is 0.755. The van der Waals surface area contributed by atoms with Crippen LogP contribution in [0, 0.1) is 5.82 Å². The molecule has 1 aromatic carbocycles. The van der Waals surface area contributed by atoms with Gasteiger partial charge in [0.25, 0.3) is 5.91 Å². The minimum absolute atomic E-state index is 0.128. The van der Waals surface area contributed by atoms with Gasteiger partial charge in [-0.05, 0) is 48.0 Å². The molecule has 2 aromatic heterocycles. The van der Waals surface area contributed by atoms with Crippen LogP contribution in [0.1, 0.15) is 16.1 Å². The second-order valence-electron chi connectivity index (χ2n) is 5.01. The first kappa shape index (κ1) is 15.7. The van der Waals surface area contributed by atoms with Gasteiger partial charge in [-0.25, -0.2) is 9.07 Å². The topological polar surface area (TPSA) is 69.0 Å². The summed E-state index contributed by atoms with van der Waals surface area (Å²) >= 11 is 0. The molecule has 122 valence electrons. The Bertz CT molecular complexity index is 803. The van der Waals surface area contributed by atoms with Crippen LogP contribution in [0.2, 0.25) is 0 Å². The van der Waals surface area contributed by atoms with Gasteiger partial charge in [0.15, 0.2) is 6.73 Å². The number of carbonyl (C=O) groups excluding carboxylic acids is 1. The highest BCUT2D eigenvalue weighted by Crippen LogP contribution is 2.11. The normalized spacial score (nSPS) is 10.4. The molecule has 0 radical (unpaired) electrons. The van der Waals surface area contributed by atoms with Gasteiger partial charge >= 0.3 is 0 Å². The molecule has 1 N–H and O–H groups in total. The van der Waals surface area contributed by atoms with Gasteiger partial charge in [0.05, 0.1) is 0 Å². The van der Waals surface area contributed by atoms with Crippen molar-refractivity contribution in [3.63, 3.8) is 0 Å². The number of hydrogen-bond donors (Lipinski definition) is 1. The molecule has 0 atom stereocenters. The highest BCUT2D eigenvalue weighted by molar-refractivity contribution is 5.92. The van der Waals surface area contributed by atoms with Crippen LogP contribution in [0.3, 0.4) is 0 Å². The molecule has 0 bridgehead atoms. The number of carbonyl (C=O) groups is 1. The van der Waals surface area contributed by atoms with E-state index in [4.69, 9.17) is 4.74 Å². The van der Waals surface area contributed by atoms with Crippen molar-refractivity contribution >= 4 is 5.91 Å². The van der Waals surface area contributed by atoms with Crippen LogP contribution >= 0.6 is 0 Å². The van der Waals surface area contributed by atoms with Gasteiger partial charge < -0.3 is 10.1 Å². The fourth-order valence-electron chi connectivity index (χ4n) is 2.00. The summed E-state index contributed by atoms with van der Waals surface area (Å²) in [5, 5.41) is 6.93. The molecule has 0 aliphatic rings. The Morgan fingerprint density at radius 3 is 2.62 bits per heavy atom. The molecule has 3 rings (SSSR count). The molecule has 0 saturated heterocycles. The van der Waals surface area contributed by atoms with Crippen molar-refractivity contribution in [1.82, 2.24) is 20.1 Å². The molecule has 0 aliphatic carbocycles. The van der Waals surface area contributed by atoms with E-state index in [9.17, 15) is 9.18 Å². The number of amides is 1. The van der Waals surface area contributed by atoms with Crippen molar-refractivity contribution in [2.75, 3.05) is 0 Å². The minimum Gasteiger partial charge on any atom is -0.471 e. The van der Waals surface area contributed by atoms with Crippen molar-refractivity contribution in [3.8, 4) is 5.75 Å². The lowest BCUT2D eigenvalue weighted by Crippen LogP contribution is -2.23. The van der Waals surface area contributed by atoms with Crippen LogP contribution in [-0.2, 0) is 13.3 Å². The van der Waals surface area contributed by atoms with Crippen LogP contribution in [0.25, 0.3) is 0 Å². The number of nitrogens with one attached hydrogen (secondary N) is 1. The number of rotatable bonds is 6. The largest absolute Gasteiger partial charge is 0.471 e. The Morgan fingerprint density at radius 2 is 1.88 bits per heavy atom. The summed E-state index contributed by atoms with van der Waals surface area (Å²) in [5.74, 6) is -0.0717. The number of halogens is 1. The van der Waals surface area contributed by atoms with Crippen LogP contribution < -0.4 is 10.1 Å². The molecule has 2 heterocycles. The number of aromatic nitrogens is 3. The number of hydrogen-bond acceptors (Lipinski definition) is 4. The van der Waals surface area contributed by atoms with Gasteiger partial charge in [0, 0.05) is 25.1 Å². The zero-order valence-electron chi connectivity index (χ0n) is 12.7. The lowest BCUT2D eigenvalue weighted by molar-refractivity contribution is 0.0944. The predicted octanol–water partition coefficient (Wildman–Crippen LogP) is 2.38. The molecular formula is C17H15FN4O2. The maximum atomic E-state index is 12.8. The van der Waals surface area contributed by atoms with Crippen molar-refractivity contribution in [1.29, 1.82) is 0 Å². The minimum atomic E-state index is -0.324. The van der Waals surface area contributed by atoms with Gasteiger partial charge in [-0.2, -0.15) is 5.10 Å². The Labute approximate surface area is 137 Å².